The molecule has 0 radical (unpaired) electrons. The standard InChI is InChI=1S/C15H28N4/c1-18(11-5-15-4-6-17-14-15)9-2-3-10-19-12-7-16-8-13-19/h4,6,14,16-17H,2-3,5,7-13H2,1H3. The Kier molecular flexibility index (Phi) is 6.41. The van der Waals surface area contributed by atoms with Gasteiger partial charge in [-0.1, -0.05) is 0 Å². The van der Waals surface area contributed by atoms with Crippen LogP contribution in [0.15, 0.2) is 18.5 Å². The van der Waals surface area contributed by atoms with Crippen molar-refractivity contribution in [2.45, 2.75) is 19.3 Å². The van der Waals surface area contributed by atoms with Crippen LogP contribution in [-0.4, -0.2) is 67.6 Å². The quantitative estimate of drug-likeness (QED) is 0.692. The zero-order valence-electron chi connectivity index (χ0n) is 12.2. The Balaban J connectivity index is 1.48. The van der Waals surface area contributed by atoms with Crippen LogP contribution >= 0.6 is 0 Å². The molecule has 2 heterocycles. The molecule has 0 amide bonds. The van der Waals surface area contributed by atoms with Crippen molar-refractivity contribution in [3.8, 4) is 0 Å². The molecule has 2 N–H and O–H groups in total. The first-order valence-electron chi connectivity index (χ1n) is 7.58. The number of nitrogens with one attached hydrogen (secondary N) is 2. The van der Waals surface area contributed by atoms with Crippen LogP contribution in [0.25, 0.3) is 0 Å². The van der Waals surface area contributed by atoms with Crippen LogP contribution in [0.4, 0.5) is 0 Å². The third-order valence-corrected chi connectivity index (χ3v) is 3.92. The maximum Gasteiger partial charge on any atom is 0.0107 e. The third kappa shape index (κ3) is 5.76. The molecule has 1 aliphatic heterocycles. The summed E-state index contributed by atoms with van der Waals surface area (Å²) in [6.45, 7) is 8.43. The Bertz CT molecular complexity index is 317. The van der Waals surface area contributed by atoms with Gasteiger partial charge in [0.25, 0.3) is 0 Å². The molecule has 4 nitrogen and oxygen atoms in total. The molecule has 1 aromatic rings. The fourth-order valence-electron chi connectivity index (χ4n) is 2.60. The zero-order chi connectivity index (χ0) is 13.3. The summed E-state index contributed by atoms with van der Waals surface area (Å²) < 4.78 is 0. The summed E-state index contributed by atoms with van der Waals surface area (Å²) in [4.78, 5) is 8.14. The van der Waals surface area contributed by atoms with E-state index >= 15 is 0 Å². The van der Waals surface area contributed by atoms with Crippen molar-refractivity contribution in [3.63, 3.8) is 0 Å². The van der Waals surface area contributed by atoms with Crippen molar-refractivity contribution in [1.82, 2.24) is 20.1 Å². The molecule has 1 aliphatic rings. The van der Waals surface area contributed by atoms with Crippen LogP contribution < -0.4 is 5.32 Å². The molecular weight excluding hydrogens is 236 g/mol. The van der Waals surface area contributed by atoms with E-state index < -0.39 is 0 Å². The molecule has 0 saturated carbocycles. The summed E-state index contributed by atoms with van der Waals surface area (Å²) in [5, 5.41) is 3.40. The largest absolute Gasteiger partial charge is 0.367 e. The number of piperazine rings is 1. The number of hydrogen-bond donors (Lipinski definition) is 2. The van der Waals surface area contributed by atoms with Crippen molar-refractivity contribution in [2.75, 3.05) is 52.9 Å². The van der Waals surface area contributed by atoms with Gasteiger partial charge in [0, 0.05) is 45.1 Å². The van der Waals surface area contributed by atoms with Gasteiger partial charge in [0.2, 0.25) is 0 Å². The summed E-state index contributed by atoms with van der Waals surface area (Å²) in [5.74, 6) is 0. The fourth-order valence-corrected chi connectivity index (χ4v) is 2.60. The first kappa shape index (κ1) is 14.6. The molecule has 108 valence electrons. The minimum atomic E-state index is 1.15. The molecule has 0 unspecified atom stereocenters. The van der Waals surface area contributed by atoms with Crippen molar-refractivity contribution >= 4 is 0 Å². The summed E-state index contributed by atoms with van der Waals surface area (Å²) >= 11 is 0. The zero-order valence-corrected chi connectivity index (χ0v) is 12.2. The van der Waals surface area contributed by atoms with Crippen LogP contribution in [0.2, 0.25) is 0 Å². The lowest BCUT2D eigenvalue weighted by atomic mass is 10.2. The second-order valence-corrected chi connectivity index (χ2v) is 5.57. The van der Waals surface area contributed by atoms with Crippen LogP contribution in [0, 0.1) is 0 Å². The SMILES string of the molecule is CN(CCCCN1CCNCC1)CCc1cc[nH]c1. The smallest absolute Gasteiger partial charge is 0.0107 e. The molecule has 1 aromatic heterocycles. The average Bonchev–Trinajstić information content (AvgIpc) is 2.96. The third-order valence-electron chi connectivity index (χ3n) is 3.92. The Morgan fingerprint density at radius 3 is 2.79 bits per heavy atom. The van der Waals surface area contributed by atoms with Gasteiger partial charge in [-0.2, -0.15) is 0 Å². The van der Waals surface area contributed by atoms with Gasteiger partial charge in [-0.05, 0) is 51.0 Å². The molecule has 1 saturated heterocycles. The van der Waals surface area contributed by atoms with E-state index in [2.05, 4.69) is 39.4 Å². The molecule has 19 heavy (non-hydrogen) atoms. The highest BCUT2D eigenvalue weighted by atomic mass is 15.2. The number of rotatable bonds is 8. The maximum atomic E-state index is 3.40. The van der Waals surface area contributed by atoms with Crippen molar-refractivity contribution in [1.29, 1.82) is 0 Å². The van der Waals surface area contributed by atoms with Crippen molar-refractivity contribution < 1.29 is 0 Å². The average molecular weight is 264 g/mol. The number of unbranched alkanes of at least 4 members (excludes halogenated alkanes) is 1. The lowest BCUT2D eigenvalue weighted by molar-refractivity contribution is 0.230. The Hall–Kier alpha value is -0.840. The van der Waals surface area contributed by atoms with E-state index in [1.165, 1.54) is 44.6 Å². The second kappa shape index (κ2) is 8.35. The lowest BCUT2D eigenvalue weighted by Gasteiger charge is -2.27. The highest BCUT2D eigenvalue weighted by Crippen LogP contribution is 2.02. The van der Waals surface area contributed by atoms with Gasteiger partial charge in [0.15, 0.2) is 0 Å². The van der Waals surface area contributed by atoms with E-state index in [-0.39, 0.29) is 0 Å². The molecule has 2 rings (SSSR count). The fraction of sp³-hybridized carbons (Fsp3) is 0.733. The Morgan fingerprint density at radius 2 is 2.05 bits per heavy atom. The minimum Gasteiger partial charge on any atom is -0.367 e. The topological polar surface area (TPSA) is 34.3 Å². The van der Waals surface area contributed by atoms with Gasteiger partial charge in [0.05, 0.1) is 0 Å². The maximum absolute atomic E-state index is 3.40. The van der Waals surface area contributed by atoms with Gasteiger partial charge in [-0.15, -0.1) is 0 Å². The summed E-state index contributed by atoms with van der Waals surface area (Å²) in [7, 11) is 2.23. The van der Waals surface area contributed by atoms with Crippen LogP contribution in [0.1, 0.15) is 18.4 Å². The second-order valence-electron chi connectivity index (χ2n) is 5.57. The normalized spacial score (nSPS) is 17.2. The molecule has 0 aromatic carbocycles. The van der Waals surface area contributed by atoms with Gasteiger partial charge >= 0.3 is 0 Å². The molecule has 0 atom stereocenters. The van der Waals surface area contributed by atoms with Gasteiger partial charge in [-0.3, -0.25) is 0 Å². The molecule has 4 heteroatoms. The Morgan fingerprint density at radius 1 is 1.21 bits per heavy atom. The van der Waals surface area contributed by atoms with Crippen molar-refractivity contribution in [2.24, 2.45) is 0 Å². The summed E-state index contributed by atoms with van der Waals surface area (Å²) in [6.07, 6.45) is 7.89. The predicted molar refractivity (Wildman–Crippen MR) is 80.5 cm³/mol. The van der Waals surface area contributed by atoms with Gasteiger partial charge in [-0.25, -0.2) is 0 Å². The van der Waals surface area contributed by atoms with Gasteiger partial charge < -0.3 is 20.1 Å². The number of H-pyrrole nitrogens is 1. The van der Waals surface area contributed by atoms with E-state index in [4.69, 9.17) is 0 Å². The molecule has 0 aliphatic carbocycles. The van der Waals surface area contributed by atoms with E-state index in [1.54, 1.807) is 0 Å². The molecule has 0 bridgehead atoms. The first-order valence-corrected chi connectivity index (χ1v) is 7.58. The van der Waals surface area contributed by atoms with E-state index in [9.17, 15) is 0 Å². The first-order chi connectivity index (χ1) is 9.34. The van der Waals surface area contributed by atoms with Gasteiger partial charge in [0.1, 0.15) is 0 Å². The van der Waals surface area contributed by atoms with Crippen LogP contribution in [-0.2, 0) is 6.42 Å². The monoisotopic (exact) mass is 264 g/mol. The number of nitrogens with zero attached hydrogens (tertiary/aromatic N) is 2. The highest BCUT2D eigenvalue weighted by Gasteiger charge is 2.08. The molecular formula is C15H28N4. The number of hydrogen-bond acceptors (Lipinski definition) is 3. The molecule has 0 spiro atoms. The summed E-state index contributed by atoms with van der Waals surface area (Å²) in [6, 6.07) is 2.16. The summed E-state index contributed by atoms with van der Waals surface area (Å²) in [5.41, 5.74) is 1.41. The lowest BCUT2D eigenvalue weighted by Crippen LogP contribution is -2.43. The molecule has 1 fully saturated rings. The van der Waals surface area contributed by atoms with Crippen LogP contribution in [0.3, 0.4) is 0 Å². The number of likely N-dealkylation sites (N-methyl/N-ethyl adjacent to an activating group) is 1. The number of aromatic nitrogens is 1. The van der Waals surface area contributed by atoms with Crippen molar-refractivity contribution in [3.05, 3.63) is 24.0 Å². The highest BCUT2D eigenvalue weighted by molar-refractivity contribution is 5.08. The van der Waals surface area contributed by atoms with Crippen LogP contribution in [0.5, 0.6) is 0 Å². The van der Waals surface area contributed by atoms with E-state index in [1.807, 2.05) is 6.20 Å². The minimum absolute atomic E-state index is 1.15. The Labute approximate surface area is 117 Å². The van der Waals surface area contributed by atoms with E-state index in [0.717, 1.165) is 26.1 Å². The predicted octanol–water partition coefficient (Wildman–Crippen LogP) is 1.17. The number of aromatic amines is 1. The van der Waals surface area contributed by atoms with E-state index in [0.29, 0.717) is 0 Å².